The second-order valence-electron chi connectivity index (χ2n) is 6.59. The van der Waals surface area contributed by atoms with E-state index in [1.807, 2.05) is 4.90 Å². The molecule has 0 aliphatic carbocycles. The van der Waals surface area contributed by atoms with Gasteiger partial charge in [-0.15, -0.1) is 0 Å². The third-order valence-corrected chi connectivity index (χ3v) is 4.61. The molecule has 0 spiro atoms. The van der Waals surface area contributed by atoms with Gasteiger partial charge in [-0.3, -0.25) is 19.8 Å². The van der Waals surface area contributed by atoms with Gasteiger partial charge < -0.3 is 20.6 Å². The second-order valence-corrected chi connectivity index (χ2v) is 6.59. The molecule has 4 N–H and O–H groups in total. The molecule has 2 fully saturated rings. The average Bonchev–Trinajstić information content (AvgIpc) is 2.98. The molecule has 28 heavy (non-hydrogen) atoms. The van der Waals surface area contributed by atoms with Crippen molar-refractivity contribution in [3.63, 3.8) is 0 Å². The zero-order valence-corrected chi connectivity index (χ0v) is 15.1. The number of nitrogens with zero attached hydrogens (tertiary/aromatic N) is 4. The van der Waals surface area contributed by atoms with Crippen molar-refractivity contribution in [3.05, 3.63) is 18.3 Å². The van der Waals surface area contributed by atoms with Gasteiger partial charge in [0.1, 0.15) is 11.9 Å². The number of anilines is 2. The minimum atomic E-state index is -2.01. The molecule has 0 radical (unpaired) electrons. The predicted molar refractivity (Wildman–Crippen MR) is 98.2 cm³/mol. The highest BCUT2D eigenvalue weighted by molar-refractivity contribution is 6.04. The van der Waals surface area contributed by atoms with E-state index in [0.717, 1.165) is 6.54 Å². The van der Waals surface area contributed by atoms with Crippen LogP contribution >= 0.6 is 0 Å². The monoisotopic (exact) mass is 387 g/mol. The lowest BCUT2D eigenvalue weighted by atomic mass is 10.1. The highest BCUT2D eigenvalue weighted by atomic mass is 16.3. The van der Waals surface area contributed by atoms with Crippen LogP contribution in [0.2, 0.25) is 0 Å². The fraction of sp³-hybridized carbons (Fsp3) is 0.471. The first-order valence-electron chi connectivity index (χ1n) is 8.87. The van der Waals surface area contributed by atoms with Gasteiger partial charge in [-0.2, -0.15) is 5.26 Å². The van der Waals surface area contributed by atoms with Crippen LogP contribution < -0.4 is 20.9 Å². The number of urea groups is 1. The molecule has 0 bridgehead atoms. The minimum absolute atomic E-state index is 0.0163. The van der Waals surface area contributed by atoms with Gasteiger partial charge >= 0.3 is 6.03 Å². The van der Waals surface area contributed by atoms with E-state index < -0.39 is 17.5 Å². The number of aliphatic hydroxyl groups is 1. The van der Waals surface area contributed by atoms with Gasteiger partial charge in [0.15, 0.2) is 0 Å². The fourth-order valence-corrected chi connectivity index (χ4v) is 3.08. The largest absolute Gasteiger partial charge is 0.368 e. The summed E-state index contributed by atoms with van der Waals surface area (Å²) in [7, 11) is 0. The molecule has 1 atom stereocenters. The molecule has 2 saturated heterocycles. The summed E-state index contributed by atoms with van der Waals surface area (Å²) in [6, 6.07) is 4.22. The molecule has 2 aliphatic rings. The SMILES string of the molecule is N#C[C@@]1(O)CCN(c2ccnc(NC(=O)NCCN3CCNC(=O)C3)c2)C1=O. The van der Waals surface area contributed by atoms with Crippen molar-refractivity contribution >= 4 is 29.4 Å². The van der Waals surface area contributed by atoms with Crippen LogP contribution in [-0.4, -0.2) is 77.7 Å². The zero-order valence-electron chi connectivity index (χ0n) is 15.1. The highest BCUT2D eigenvalue weighted by Gasteiger charge is 2.46. The van der Waals surface area contributed by atoms with Crippen LogP contribution in [0.25, 0.3) is 0 Å². The Hall–Kier alpha value is -3.23. The van der Waals surface area contributed by atoms with E-state index in [4.69, 9.17) is 5.26 Å². The van der Waals surface area contributed by atoms with Crippen LogP contribution in [-0.2, 0) is 9.59 Å². The molecule has 0 unspecified atom stereocenters. The van der Waals surface area contributed by atoms with Gasteiger partial charge in [-0.25, -0.2) is 9.78 Å². The smallest absolute Gasteiger partial charge is 0.320 e. The molecule has 0 aromatic carbocycles. The van der Waals surface area contributed by atoms with Gasteiger partial charge in [0, 0.05) is 57.1 Å². The number of carbonyl (C=O) groups excluding carboxylic acids is 3. The van der Waals surface area contributed by atoms with Crippen LogP contribution in [0.15, 0.2) is 18.3 Å². The number of hydrogen-bond acceptors (Lipinski definition) is 7. The lowest BCUT2D eigenvalue weighted by Crippen LogP contribution is -2.49. The molecule has 0 saturated carbocycles. The predicted octanol–water partition coefficient (Wildman–Crippen LogP) is -1.37. The van der Waals surface area contributed by atoms with Crippen molar-refractivity contribution in [2.75, 3.05) is 49.5 Å². The van der Waals surface area contributed by atoms with Crippen LogP contribution in [0.3, 0.4) is 0 Å². The van der Waals surface area contributed by atoms with Gasteiger partial charge in [-0.05, 0) is 6.07 Å². The summed E-state index contributed by atoms with van der Waals surface area (Å²) in [5.74, 6) is -0.494. The summed E-state index contributed by atoms with van der Waals surface area (Å²) >= 11 is 0. The van der Waals surface area contributed by atoms with E-state index in [9.17, 15) is 19.5 Å². The Kier molecular flexibility index (Phi) is 5.72. The number of carbonyl (C=O) groups is 3. The normalized spacial score (nSPS) is 22.5. The van der Waals surface area contributed by atoms with Gasteiger partial charge in [0.05, 0.1) is 6.54 Å². The molecule has 3 heterocycles. The minimum Gasteiger partial charge on any atom is -0.368 e. The molecular weight excluding hydrogens is 366 g/mol. The van der Waals surface area contributed by atoms with Crippen LogP contribution in [0, 0.1) is 11.3 Å². The molecular formula is C17H21N7O4. The van der Waals surface area contributed by atoms with E-state index in [2.05, 4.69) is 20.9 Å². The number of hydrogen-bond donors (Lipinski definition) is 4. The molecule has 1 aromatic heterocycles. The third kappa shape index (κ3) is 4.36. The van der Waals surface area contributed by atoms with Gasteiger partial charge in [0.25, 0.3) is 5.91 Å². The van der Waals surface area contributed by atoms with Crippen molar-refractivity contribution in [2.24, 2.45) is 0 Å². The van der Waals surface area contributed by atoms with E-state index in [-0.39, 0.29) is 24.7 Å². The van der Waals surface area contributed by atoms with Crippen molar-refractivity contribution in [2.45, 2.75) is 12.0 Å². The Bertz CT molecular complexity index is 824. The van der Waals surface area contributed by atoms with Crippen molar-refractivity contribution in [3.8, 4) is 6.07 Å². The number of rotatable bonds is 5. The highest BCUT2D eigenvalue weighted by Crippen LogP contribution is 2.28. The number of aromatic nitrogens is 1. The summed E-state index contributed by atoms with van der Waals surface area (Å²) in [6.45, 7) is 2.74. The van der Waals surface area contributed by atoms with Crippen LogP contribution in [0.5, 0.6) is 0 Å². The zero-order chi connectivity index (χ0) is 20.1. The summed E-state index contributed by atoms with van der Waals surface area (Å²) in [5, 5.41) is 26.9. The van der Waals surface area contributed by atoms with E-state index >= 15 is 0 Å². The van der Waals surface area contributed by atoms with Gasteiger partial charge in [-0.1, -0.05) is 0 Å². The molecule has 2 aliphatic heterocycles. The Morgan fingerprint density at radius 3 is 2.96 bits per heavy atom. The second kappa shape index (κ2) is 8.20. The number of amides is 4. The first kappa shape index (κ1) is 19.5. The topological polar surface area (TPSA) is 151 Å². The van der Waals surface area contributed by atoms with Crippen molar-refractivity contribution < 1.29 is 19.5 Å². The first-order chi connectivity index (χ1) is 13.4. The fourth-order valence-electron chi connectivity index (χ4n) is 3.08. The Labute approximate surface area is 161 Å². The van der Waals surface area contributed by atoms with Crippen molar-refractivity contribution in [1.82, 2.24) is 20.5 Å². The lowest BCUT2D eigenvalue weighted by Gasteiger charge is -2.26. The molecule has 4 amide bonds. The first-order valence-corrected chi connectivity index (χ1v) is 8.87. The van der Waals surface area contributed by atoms with Crippen molar-refractivity contribution in [1.29, 1.82) is 5.26 Å². The van der Waals surface area contributed by atoms with Crippen LogP contribution in [0.4, 0.5) is 16.3 Å². The number of pyridine rings is 1. The maximum absolute atomic E-state index is 12.2. The summed E-state index contributed by atoms with van der Waals surface area (Å²) in [4.78, 5) is 42.8. The molecule has 148 valence electrons. The van der Waals surface area contributed by atoms with E-state index in [0.29, 0.717) is 31.9 Å². The summed E-state index contributed by atoms with van der Waals surface area (Å²) in [5.41, 5.74) is -1.58. The maximum Gasteiger partial charge on any atom is 0.320 e. The average molecular weight is 387 g/mol. The quantitative estimate of drug-likeness (QED) is 0.455. The Morgan fingerprint density at radius 1 is 1.43 bits per heavy atom. The van der Waals surface area contributed by atoms with E-state index in [1.54, 1.807) is 12.1 Å². The third-order valence-electron chi connectivity index (χ3n) is 4.61. The molecule has 3 rings (SSSR count). The Balaban J connectivity index is 1.52. The Morgan fingerprint density at radius 2 is 2.25 bits per heavy atom. The van der Waals surface area contributed by atoms with Gasteiger partial charge in [0.2, 0.25) is 11.5 Å². The summed E-state index contributed by atoms with van der Waals surface area (Å²) in [6.07, 6.45) is 1.44. The molecule has 11 heteroatoms. The standard InChI is InChI=1S/C17H21N7O4/c18-11-17(28)2-6-24(15(17)26)12-1-3-19-13(9-12)22-16(27)21-5-8-23-7-4-20-14(25)10-23/h1,3,9,28H,2,4-8,10H2,(H,20,25)(H2,19,21,22,27)/t17-/m0/s1. The van der Waals surface area contributed by atoms with E-state index in [1.165, 1.54) is 17.2 Å². The molecule has 11 nitrogen and oxygen atoms in total. The number of nitrogens with one attached hydrogen (secondary N) is 3. The number of nitriles is 1. The summed E-state index contributed by atoms with van der Waals surface area (Å²) < 4.78 is 0. The maximum atomic E-state index is 12.2. The lowest BCUT2D eigenvalue weighted by molar-refractivity contribution is -0.128. The number of piperazine rings is 1. The van der Waals surface area contributed by atoms with Crippen LogP contribution in [0.1, 0.15) is 6.42 Å². The molecule has 1 aromatic rings.